The van der Waals surface area contributed by atoms with E-state index in [-0.39, 0.29) is 12.4 Å². The number of phenols is 1. The van der Waals surface area contributed by atoms with Gasteiger partial charge in [0.15, 0.2) is 0 Å². The van der Waals surface area contributed by atoms with E-state index in [1.807, 2.05) is 12.1 Å². The van der Waals surface area contributed by atoms with Crippen LogP contribution in [0.2, 0.25) is 0 Å². The molecule has 0 atom stereocenters. The second-order valence-electron chi connectivity index (χ2n) is 7.71. The van der Waals surface area contributed by atoms with E-state index in [0.717, 1.165) is 17.4 Å². The Bertz CT molecular complexity index is 1330. The number of hydrogen-bond acceptors (Lipinski definition) is 6. The van der Waals surface area contributed by atoms with Crippen molar-refractivity contribution in [1.29, 1.82) is 0 Å². The Morgan fingerprint density at radius 3 is 2.57 bits per heavy atom. The summed E-state index contributed by atoms with van der Waals surface area (Å²) in [5.41, 5.74) is 1.39. The van der Waals surface area contributed by atoms with Gasteiger partial charge in [-0.1, -0.05) is 13.8 Å². The Hall–Kier alpha value is -3.54. The van der Waals surface area contributed by atoms with Gasteiger partial charge in [0, 0.05) is 40.1 Å². The average Bonchev–Trinajstić information content (AvgIpc) is 2.69. The van der Waals surface area contributed by atoms with Crippen molar-refractivity contribution in [3.63, 3.8) is 0 Å². The quantitative estimate of drug-likeness (QED) is 0.464. The minimum absolute atomic E-state index is 0.0178. The zero-order chi connectivity index (χ0) is 21.3. The number of aromatic hydroxyl groups is 1. The molecule has 2 heterocycles. The first kappa shape index (κ1) is 19.8. The molecule has 0 radical (unpaired) electrons. The molecule has 0 aliphatic rings. The van der Waals surface area contributed by atoms with Crippen LogP contribution in [-0.4, -0.2) is 5.11 Å². The third-order valence-corrected chi connectivity index (χ3v) is 5.02. The Balaban J connectivity index is 1.74. The highest BCUT2D eigenvalue weighted by Crippen LogP contribution is 2.31. The minimum Gasteiger partial charge on any atom is -0.508 e. The standard InChI is InChI=1S/C24H22O6/c1-14(2)3-7-19-20(9-4-15-5-10-22(26)30-24(15)19)28-13-16-11-23(27)29-21-12-17(25)6-8-18(16)21/h4-6,8-12,14,25H,3,7,13H2,1-2H3. The van der Waals surface area contributed by atoms with Crippen molar-refractivity contribution in [1.82, 2.24) is 0 Å². The monoisotopic (exact) mass is 406 g/mol. The van der Waals surface area contributed by atoms with E-state index in [0.29, 0.717) is 40.2 Å². The van der Waals surface area contributed by atoms with Crippen molar-refractivity contribution in [2.75, 3.05) is 0 Å². The highest BCUT2D eigenvalue weighted by molar-refractivity contribution is 5.83. The first-order chi connectivity index (χ1) is 14.4. The molecule has 4 rings (SSSR count). The predicted molar refractivity (Wildman–Crippen MR) is 114 cm³/mol. The lowest BCUT2D eigenvalue weighted by Gasteiger charge is -2.15. The van der Waals surface area contributed by atoms with E-state index < -0.39 is 11.3 Å². The molecule has 0 saturated heterocycles. The number of ether oxygens (including phenoxy) is 1. The van der Waals surface area contributed by atoms with Crippen LogP contribution in [0.25, 0.3) is 21.9 Å². The van der Waals surface area contributed by atoms with E-state index in [2.05, 4.69) is 13.8 Å². The third-order valence-electron chi connectivity index (χ3n) is 5.02. The molecule has 0 spiro atoms. The zero-order valence-corrected chi connectivity index (χ0v) is 16.8. The number of rotatable bonds is 6. The van der Waals surface area contributed by atoms with Gasteiger partial charge in [-0.3, -0.25) is 0 Å². The second kappa shape index (κ2) is 8.06. The van der Waals surface area contributed by atoms with E-state index in [1.165, 1.54) is 24.3 Å². The number of fused-ring (bicyclic) bond motifs is 2. The van der Waals surface area contributed by atoms with Gasteiger partial charge in [0.2, 0.25) is 0 Å². The van der Waals surface area contributed by atoms with Crippen LogP contribution in [0.4, 0.5) is 0 Å². The van der Waals surface area contributed by atoms with Gasteiger partial charge in [0.25, 0.3) is 0 Å². The van der Waals surface area contributed by atoms with E-state index in [4.69, 9.17) is 13.6 Å². The highest BCUT2D eigenvalue weighted by atomic mass is 16.5. The van der Waals surface area contributed by atoms with Crippen molar-refractivity contribution in [3.05, 3.63) is 80.5 Å². The first-order valence-corrected chi connectivity index (χ1v) is 9.85. The predicted octanol–water partition coefficient (Wildman–Crippen LogP) is 4.77. The minimum atomic E-state index is -0.517. The summed E-state index contributed by atoms with van der Waals surface area (Å²) < 4.78 is 16.8. The summed E-state index contributed by atoms with van der Waals surface area (Å²) in [6, 6.07) is 12.9. The maximum Gasteiger partial charge on any atom is 0.336 e. The van der Waals surface area contributed by atoms with Crippen molar-refractivity contribution in [3.8, 4) is 11.5 Å². The molecule has 0 aliphatic heterocycles. The largest absolute Gasteiger partial charge is 0.508 e. The summed E-state index contributed by atoms with van der Waals surface area (Å²) in [6.07, 6.45) is 1.61. The smallest absolute Gasteiger partial charge is 0.336 e. The molecule has 6 heteroatoms. The molecule has 0 fully saturated rings. The Labute approximate surface area is 172 Å². The van der Waals surface area contributed by atoms with Crippen LogP contribution in [-0.2, 0) is 13.0 Å². The topological polar surface area (TPSA) is 89.9 Å². The van der Waals surface area contributed by atoms with Gasteiger partial charge in [-0.05, 0) is 49.1 Å². The molecular weight excluding hydrogens is 384 g/mol. The maximum atomic E-state index is 11.9. The Kier molecular flexibility index (Phi) is 5.31. The molecule has 2 aromatic carbocycles. The summed E-state index contributed by atoms with van der Waals surface area (Å²) >= 11 is 0. The molecule has 0 amide bonds. The van der Waals surface area contributed by atoms with Crippen molar-refractivity contribution >= 4 is 21.9 Å². The Morgan fingerprint density at radius 2 is 1.77 bits per heavy atom. The normalized spacial score (nSPS) is 11.4. The lowest BCUT2D eigenvalue weighted by molar-refractivity contribution is 0.302. The van der Waals surface area contributed by atoms with E-state index in [1.54, 1.807) is 12.1 Å². The Morgan fingerprint density at radius 1 is 0.967 bits per heavy atom. The fourth-order valence-electron chi connectivity index (χ4n) is 3.47. The van der Waals surface area contributed by atoms with Gasteiger partial charge in [-0.2, -0.15) is 0 Å². The molecule has 0 bridgehead atoms. The number of phenolic OH excluding ortho intramolecular Hbond substituents is 1. The van der Waals surface area contributed by atoms with Crippen LogP contribution in [0.15, 0.2) is 67.0 Å². The molecule has 2 aromatic heterocycles. The van der Waals surface area contributed by atoms with E-state index >= 15 is 0 Å². The van der Waals surface area contributed by atoms with Gasteiger partial charge in [-0.15, -0.1) is 0 Å². The summed E-state index contributed by atoms with van der Waals surface area (Å²) in [6.45, 7) is 4.39. The lowest BCUT2D eigenvalue weighted by Crippen LogP contribution is -2.06. The molecule has 30 heavy (non-hydrogen) atoms. The third kappa shape index (κ3) is 4.08. The number of hydrogen-bond donors (Lipinski definition) is 1. The van der Waals surface area contributed by atoms with Crippen LogP contribution >= 0.6 is 0 Å². The molecule has 0 unspecified atom stereocenters. The molecule has 154 valence electrons. The average molecular weight is 406 g/mol. The van der Waals surface area contributed by atoms with Crippen molar-refractivity contribution in [2.24, 2.45) is 5.92 Å². The molecular formula is C24H22O6. The summed E-state index contributed by atoms with van der Waals surface area (Å²) in [7, 11) is 0. The van der Waals surface area contributed by atoms with Gasteiger partial charge in [0.05, 0.1) is 0 Å². The zero-order valence-electron chi connectivity index (χ0n) is 16.8. The van der Waals surface area contributed by atoms with Gasteiger partial charge < -0.3 is 18.7 Å². The van der Waals surface area contributed by atoms with E-state index in [9.17, 15) is 14.7 Å². The van der Waals surface area contributed by atoms with Gasteiger partial charge >= 0.3 is 11.3 Å². The molecule has 6 nitrogen and oxygen atoms in total. The molecule has 0 aliphatic carbocycles. The molecule has 1 N–H and O–H groups in total. The highest BCUT2D eigenvalue weighted by Gasteiger charge is 2.14. The van der Waals surface area contributed by atoms with Crippen LogP contribution < -0.4 is 16.0 Å². The van der Waals surface area contributed by atoms with Crippen LogP contribution in [0.3, 0.4) is 0 Å². The van der Waals surface area contributed by atoms with Gasteiger partial charge in [-0.25, -0.2) is 9.59 Å². The molecule has 0 saturated carbocycles. The van der Waals surface area contributed by atoms with Gasteiger partial charge in [0.1, 0.15) is 29.3 Å². The van der Waals surface area contributed by atoms with Crippen LogP contribution in [0, 0.1) is 5.92 Å². The van der Waals surface area contributed by atoms with Crippen molar-refractivity contribution in [2.45, 2.75) is 33.3 Å². The van der Waals surface area contributed by atoms with Crippen LogP contribution in [0.5, 0.6) is 11.5 Å². The van der Waals surface area contributed by atoms with Crippen LogP contribution in [0.1, 0.15) is 31.4 Å². The summed E-state index contributed by atoms with van der Waals surface area (Å²) in [5.74, 6) is 1.10. The SMILES string of the molecule is CC(C)CCc1c(OCc2cc(=O)oc3cc(O)ccc23)ccc2ccc(=O)oc12. The second-order valence-corrected chi connectivity index (χ2v) is 7.71. The fraction of sp³-hybridized carbons (Fsp3) is 0.250. The molecule has 4 aromatic rings. The summed E-state index contributed by atoms with van der Waals surface area (Å²) in [5, 5.41) is 11.2. The summed E-state index contributed by atoms with van der Waals surface area (Å²) in [4.78, 5) is 23.7. The lowest BCUT2D eigenvalue weighted by atomic mass is 10.00. The van der Waals surface area contributed by atoms with Crippen molar-refractivity contribution < 1.29 is 18.7 Å². The first-order valence-electron chi connectivity index (χ1n) is 9.85. The fourth-order valence-corrected chi connectivity index (χ4v) is 3.47. The number of benzene rings is 2. The number of aryl methyl sites for hydroxylation is 1. The maximum absolute atomic E-state index is 11.9.